The van der Waals surface area contributed by atoms with Gasteiger partial charge in [-0.1, -0.05) is 30.3 Å². The van der Waals surface area contributed by atoms with E-state index in [9.17, 15) is 9.59 Å². The lowest BCUT2D eigenvalue weighted by Crippen LogP contribution is -2.36. The summed E-state index contributed by atoms with van der Waals surface area (Å²) < 4.78 is 4.67. The van der Waals surface area contributed by atoms with Gasteiger partial charge >= 0.3 is 0 Å². The molecule has 1 aromatic carbocycles. The average Bonchev–Trinajstić information content (AvgIpc) is 2.43. The van der Waals surface area contributed by atoms with E-state index in [1.807, 2.05) is 30.3 Å². The summed E-state index contributed by atoms with van der Waals surface area (Å²) in [5, 5.41) is 5.39. The maximum absolute atomic E-state index is 11.5. The fourth-order valence-corrected chi connectivity index (χ4v) is 1.58. The Kier molecular flexibility index (Phi) is 7.27. The molecule has 0 heterocycles. The van der Waals surface area contributed by atoms with Crippen LogP contribution in [0.3, 0.4) is 0 Å². The third kappa shape index (κ3) is 7.21. The largest absolute Gasteiger partial charge is 0.375 e. The molecule has 0 saturated heterocycles. The third-order valence-corrected chi connectivity index (χ3v) is 2.53. The molecule has 0 aliphatic heterocycles. The highest BCUT2D eigenvalue weighted by atomic mass is 16.5. The Morgan fingerprint density at radius 1 is 1.05 bits per heavy atom. The van der Waals surface area contributed by atoms with Crippen LogP contribution >= 0.6 is 0 Å². The van der Waals surface area contributed by atoms with Crippen LogP contribution in [0.1, 0.15) is 12.0 Å². The van der Waals surface area contributed by atoms with Crippen molar-refractivity contribution in [1.82, 2.24) is 10.6 Å². The van der Waals surface area contributed by atoms with Crippen molar-refractivity contribution < 1.29 is 14.3 Å². The van der Waals surface area contributed by atoms with Gasteiger partial charge in [0, 0.05) is 26.6 Å². The first kappa shape index (κ1) is 15.2. The smallest absolute Gasteiger partial charge is 0.246 e. The van der Waals surface area contributed by atoms with E-state index in [1.165, 1.54) is 7.11 Å². The molecule has 0 aromatic heterocycles. The quantitative estimate of drug-likeness (QED) is 0.672. The number of methoxy groups -OCH3 is 1. The van der Waals surface area contributed by atoms with E-state index in [2.05, 4.69) is 15.4 Å². The zero-order valence-corrected chi connectivity index (χ0v) is 11.1. The maximum atomic E-state index is 11.5. The topological polar surface area (TPSA) is 67.4 Å². The van der Waals surface area contributed by atoms with Crippen LogP contribution < -0.4 is 10.6 Å². The van der Waals surface area contributed by atoms with Crippen molar-refractivity contribution in [3.05, 3.63) is 35.9 Å². The molecule has 0 spiro atoms. The van der Waals surface area contributed by atoms with Gasteiger partial charge in [-0.2, -0.15) is 0 Å². The van der Waals surface area contributed by atoms with Gasteiger partial charge in [0.15, 0.2) is 0 Å². The van der Waals surface area contributed by atoms with Crippen molar-refractivity contribution in [3.8, 4) is 0 Å². The zero-order valence-electron chi connectivity index (χ0n) is 11.1. The molecule has 0 saturated carbocycles. The van der Waals surface area contributed by atoms with E-state index < -0.39 is 0 Å². The second-order valence-electron chi connectivity index (χ2n) is 4.12. The van der Waals surface area contributed by atoms with Gasteiger partial charge in [0.1, 0.15) is 6.61 Å². The Morgan fingerprint density at radius 2 is 1.68 bits per heavy atom. The molecule has 1 aromatic rings. The standard InChI is InChI=1S/C14H20N2O3/c1-19-11-14(18)16-10-9-15-13(17)8-7-12-5-3-2-4-6-12/h2-6H,7-11H2,1H3,(H,15,17)(H,16,18). The molecule has 2 amide bonds. The van der Waals surface area contributed by atoms with E-state index in [0.717, 1.165) is 12.0 Å². The summed E-state index contributed by atoms with van der Waals surface area (Å²) >= 11 is 0. The van der Waals surface area contributed by atoms with Gasteiger partial charge in [0.2, 0.25) is 11.8 Å². The summed E-state index contributed by atoms with van der Waals surface area (Å²) in [7, 11) is 1.46. The zero-order chi connectivity index (χ0) is 13.9. The highest BCUT2D eigenvalue weighted by Gasteiger charge is 2.02. The van der Waals surface area contributed by atoms with Crippen LogP contribution in [0.15, 0.2) is 30.3 Å². The van der Waals surface area contributed by atoms with Gasteiger partial charge in [0.05, 0.1) is 0 Å². The molecule has 0 fully saturated rings. The van der Waals surface area contributed by atoms with Crippen molar-refractivity contribution >= 4 is 11.8 Å². The van der Waals surface area contributed by atoms with Gasteiger partial charge in [-0.15, -0.1) is 0 Å². The number of carbonyl (C=O) groups excluding carboxylic acids is 2. The molecule has 0 radical (unpaired) electrons. The van der Waals surface area contributed by atoms with Crippen LogP contribution in [0.2, 0.25) is 0 Å². The fourth-order valence-electron chi connectivity index (χ4n) is 1.58. The van der Waals surface area contributed by atoms with Crippen LogP contribution in [0.4, 0.5) is 0 Å². The number of aryl methyl sites for hydroxylation is 1. The average molecular weight is 264 g/mol. The van der Waals surface area contributed by atoms with Crippen LogP contribution in [0.25, 0.3) is 0 Å². The van der Waals surface area contributed by atoms with Crippen LogP contribution in [-0.2, 0) is 20.7 Å². The Hall–Kier alpha value is -1.88. The van der Waals surface area contributed by atoms with Crippen LogP contribution in [-0.4, -0.2) is 38.6 Å². The number of nitrogens with one attached hydrogen (secondary N) is 2. The monoisotopic (exact) mass is 264 g/mol. The Bertz CT molecular complexity index is 393. The summed E-state index contributed by atoms with van der Waals surface area (Å²) in [5.41, 5.74) is 1.14. The number of amides is 2. The van der Waals surface area contributed by atoms with Gasteiger partial charge in [-0.25, -0.2) is 0 Å². The minimum Gasteiger partial charge on any atom is -0.375 e. The third-order valence-electron chi connectivity index (χ3n) is 2.53. The van der Waals surface area contributed by atoms with Crippen molar-refractivity contribution in [2.45, 2.75) is 12.8 Å². The van der Waals surface area contributed by atoms with Gasteiger partial charge < -0.3 is 15.4 Å². The van der Waals surface area contributed by atoms with Crippen molar-refractivity contribution in [3.63, 3.8) is 0 Å². The molecule has 0 atom stereocenters. The Balaban J connectivity index is 2.07. The second-order valence-corrected chi connectivity index (χ2v) is 4.12. The van der Waals surface area contributed by atoms with Crippen LogP contribution in [0.5, 0.6) is 0 Å². The number of rotatable bonds is 8. The van der Waals surface area contributed by atoms with Crippen molar-refractivity contribution in [1.29, 1.82) is 0 Å². The van der Waals surface area contributed by atoms with Gasteiger partial charge in [-0.05, 0) is 12.0 Å². The molecule has 5 heteroatoms. The SMILES string of the molecule is COCC(=O)NCCNC(=O)CCc1ccccc1. The first-order valence-electron chi connectivity index (χ1n) is 6.28. The van der Waals surface area contributed by atoms with E-state index in [0.29, 0.717) is 19.5 Å². The lowest BCUT2D eigenvalue weighted by Gasteiger charge is -2.06. The number of carbonyl (C=O) groups is 2. The minimum absolute atomic E-state index is 0.00940. The Labute approximate surface area is 113 Å². The molecular formula is C14H20N2O3. The normalized spacial score (nSPS) is 9.95. The molecular weight excluding hydrogens is 244 g/mol. The molecule has 104 valence electrons. The lowest BCUT2D eigenvalue weighted by atomic mass is 10.1. The summed E-state index contributed by atoms with van der Waals surface area (Å²) in [6, 6.07) is 9.86. The first-order chi connectivity index (χ1) is 9.22. The predicted octanol–water partition coefficient (Wildman–Crippen LogP) is 0.498. The second kappa shape index (κ2) is 9.10. The predicted molar refractivity (Wildman–Crippen MR) is 72.7 cm³/mol. The molecule has 0 unspecified atom stereocenters. The fraction of sp³-hybridized carbons (Fsp3) is 0.429. The highest BCUT2D eigenvalue weighted by Crippen LogP contribution is 2.01. The molecule has 5 nitrogen and oxygen atoms in total. The first-order valence-corrected chi connectivity index (χ1v) is 6.28. The van der Waals surface area contributed by atoms with Gasteiger partial charge in [-0.3, -0.25) is 9.59 Å². The van der Waals surface area contributed by atoms with Crippen molar-refractivity contribution in [2.24, 2.45) is 0 Å². The van der Waals surface area contributed by atoms with E-state index in [1.54, 1.807) is 0 Å². The number of benzene rings is 1. The molecule has 0 aliphatic carbocycles. The molecule has 2 N–H and O–H groups in total. The molecule has 1 rings (SSSR count). The minimum atomic E-state index is -0.180. The number of ether oxygens (including phenoxy) is 1. The van der Waals surface area contributed by atoms with Crippen LogP contribution in [0, 0.1) is 0 Å². The molecule has 19 heavy (non-hydrogen) atoms. The lowest BCUT2D eigenvalue weighted by molar-refractivity contribution is -0.125. The van der Waals surface area contributed by atoms with E-state index in [-0.39, 0.29) is 18.4 Å². The van der Waals surface area contributed by atoms with Crippen molar-refractivity contribution in [2.75, 3.05) is 26.8 Å². The molecule has 0 bridgehead atoms. The molecule has 0 aliphatic rings. The summed E-state index contributed by atoms with van der Waals surface area (Å²) in [5.74, 6) is -0.189. The number of hydrogen-bond donors (Lipinski definition) is 2. The van der Waals surface area contributed by atoms with E-state index in [4.69, 9.17) is 0 Å². The highest BCUT2D eigenvalue weighted by molar-refractivity contribution is 5.77. The summed E-state index contributed by atoms with van der Waals surface area (Å²) in [6.45, 7) is 0.893. The summed E-state index contributed by atoms with van der Waals surface area (Å²) in [4.78, 5) is 22.6. The van der Waals surface area contributed by atoms with E-state index >= 15 is 0 Å². The number of hydrogen-bond acceptors (Lipinski definition) is 3. The Morgan fingerprint density at radius 3 is 2.32 bits per heavy atom. The summed E-state index contributed by atoms with van der Waals surface area (Å²) in [6.07, 6.45) is 1.18. The van der Waals surface area contributed by atoms with Gasteiger partial charge in [0.25, 0.3) is 0 Å². The maximum Gasteiger partial charge on any atom is 0.246 e.